The van der Waals surface area contributed by atoms with Crippen molar-refractivity contribution in [2.45, 2.75) is 51.7 Å². The zero-order chi connectivity index (χ0) is 28.6. The largest absolute Gasteiger partial charge is 0.496 e. The van der Waals surface area contributed by atoms with Gasteiger partial charge in [0.05, 0.1) is 52.5 Å². The van der Waals surface area contributed by atoms with Crippen molar-refractivity contribution in [1.29, 1.82) is 0 Å². The van der Waals surface area contributed by atoms with Crippen LogP contribution in [-0.4, -0.2) is 52.6 Å². The number of carbonyl (C=O) groups excluding carboxylic acids is 2. The lowest BCUT2D eigenvalue weighted by Gasteiger charge is -2.26. The summed E-state index contributed by atoms with van der Waals surface area (Å²) in [5, 5.41) is 9.34. The second-order valence-corrected chi connectivity index (χ2v) is 10.9. The third kappa shape index (κ3) is 7.69. The Bertz CT molecular complexity index is 1100. The van der Waals surface area contributed by atoms with E-state index in [1.807, 2.05) is 12.1 Å². The van der Waals surface area contributed by atoms with Gasteiger partial charge in [0.2, 0.25) is 0 Å². The molecule has 37 heavy (non-hydrogen) atoms. The summed E-state index contributed by atoms with van der Waals surface area (Å²) in [6.07, 6.45) is 0. The quantitative estimate of drug-likeness (QED) is 0.359. The van der Waals surface area contributed by atoms with E-state index in [1.165, 1.54) is 21.3 Å². The van der Waals surface area contributed by atoms with Gasteiger partial charge in [-0.3, -0.25) is 9.59 Å². The molecular formula is C27H36Br2O8. The summed E-state index contributed by atoms with van der Waals surface area (Å²) in [4.78, 5) is 23.8. The second-order valence-electron chi connectivity index (χ2n) is 9.12. The Kier molecular flexibility index (Phi) is 12.6. The molecule has 10 heteroatoms. The number of halogens is 2. The molecule has 8 nitrogen and oxygen atoms in total. The van der Waals surface area contributed by atoms with E-state index in [-0.39, 0.29) is 18.5 Å². The molecule has 0 aliphatic rings. The third-order valence-electron chi connectivity index (χ3n) is 5.88. The molecule has 206 valence electrons. The highest BCUT2D eigenvalue weighted by Gasteiger charge is 2.36. The first-order chi connectivity index (χ1) is 17.3. The molecule has 0 amide bonds. The van der Waals surface area contributed by atoms with Gasteiger partial charge in [0.25, 0.3) is 0 Å². The molecule has 0 bridgehead atoms. The highest BCUT2D eigenvalue weighted by atomic mass is 79.9. The van der Waals surface area contributed by atoms with E-state index in [1.54, 1.807) is 54.0 Å². The Morgan fingerprint density at radius 2 is 1.11 bits per heavy atom. The smallest absolute Gasteiger partial charge is 0.315 e. The average molecular weight is 648 g/mol. The molecule has 1 N–H and O–H groups in total. The molecule has 2 rings (SSSR count). The predicted molar refractivity (Wildman–Crippen MR) is 148 cm³/mol. The maximum absolute atomic E-state index is 12.0. The molecule has 0 atom stereocenters. The summed E-state index contributed by atoms with van der Waals surface area (Å²) in [6.45, 7) is 7.37. The van der Waals surface area contributed by atoms with E-state index in [0.29, 0.717) is 29.2 Å². The molecule has 0 spiro atoms. The normalized spacial score (nSPS) is 11.2. The van der Waals surface area contributed by atoms with Crippen molar-refractivity contribution in [1.82, 2.24) is 0 Å². The van der Waals surface area contributed by atoms with Crippen LogP contribution < -0.4 is 9.47 Å². The van der Waals surface area contributed by atoms with Crippen LogP contribution in [0.5, 0.6) is 11.5 Å². The van der Waals surface area contributed by atoms with Gasteiger partial charge in [-0.05, 0) is 52.0 Å². The van der Waals surface area contributed by atoms with Crippen LogP contribution in [0.25, 0.3) is 0 Å². The van der Waals surface area contributed by atoms with Gasteiger partial charge < -0.3 is 28.8 Å². The number of hydrogen-bond acceptors (Lipinski definition) is 8. The van der Waals surface area contributed by atoms with Gasteiger partial charge in [-0.25, -0.2) is 0 Å². The first kappa shape index (κ1) is 32.9. The molecule has 0 radical (unpaired) electrons. The van der Waals surface area contributed by atoms with Gasteiger partial charge in [0, 0.05) is 38.3 Å². The molecular weight excluding hydrogens is 612 g/mol. The lowest BCUT2D eigenvalue weighted by molar-refractivity contribution is -0.147. The Labute approximate surface area is 235 Å². The van der Waals surface area contributed by atoms with Crippen molar-refractivity contribution in [2.24, 2.45) is 0 Å². The van der Waals surface area contributed by atoms with Crippen molar-refractivity contribution in [2.75, 3.05) is 35.5 Å². The van der Waals surface area contributed by atoms with Crippen molar-refractivity contribution < 1.29 is 38.4 Å². The van der Waals surface area contributed by atoms with Crippen molar-refractivity contribution in [3.63, 3.8) is 0 Å². The van der Waals surface area contributed by atoms with Crippen molar-refractivity contribution >= 4 is 43.8 Å². The summed E-state index contributed by atoms with van der Waals surface area (Å²) >= 11 is 6.81. The lowest BCUT2D eigenvalue weighted by atomic mass is 9.83. The number of rotatable bonds is 9. The number of hydrogen-bond donors (Lipinski definition) is 1. The van der Waals surface area contributed by atoms with Crippen LogP contribution in [0.1, 0.15) is 49.9 Å². The summed E-state index contributed by atoms with van der Waals surface area (Å²) in [6, 6.07) is 7.35. The molecule has 2 aromatic rings. The van der Waals surface area contributed by atoms with E-state index < -0.39 is 10.8 Å². The minimum absolute atomic E-state index is 0.160. The first-order valence-corrected chi connectivity index (χ1v) is 12.9. The van der Waals surface area contributed by atoms with Gasteiger partial charge in [-0.2, -0.15) is 0 Å². The minimum atomic E-state index is -0.853. The predicted octanol–water partition coefficient (Wildman–Crippen LogP) is 5.46. The van der Waals surface area contributed by atoms with Gasteiger partial charge >= 0.3 is 11.9 Å². The third-order valence-corrected chi connectivity index (χ3v) is 6.79. The van der Waals surface area contributed by atoms with E-state index in [2.05, 4.69) is 31.9 Å². The minimum Gasteiger partial charge on any atom is -0.496 e. The van der Waals surface area contributed by atoms with E-state index in [0.717, 1.165) is 20.1 Å². The standard InChI is InChI=1S/C14H19BrO4.C13H17BrO4/c1-14(2,13(16)19-5)11-7-10(15)6-9(8-17-3)12(11)18-4;1-13(2,12(16)18-4)10-6-9(14)5-8(7-15)11(10)17-3/h6-7H,8H2,1-5H3;5-6,15H,7H2,1-4H3. The maximum atomic E-state index is 12.0. The summed E-state index contributed by atoms with van der Waals surface area (Å²) in [5.74, 6) is 0.492. The number of methoxy groups -OCH3 is 5. The van der Waals surface area contributed by atoms with Gasteiger partial charge in [0.1, 0.15) is 11.5 Å². The van der Waals surface area contributed by atoms with E-state index in [4.69, 9.17) is 23.7 Å². The summed E-state index contributed by atoms with van der Waals surface area (Å²) < 4.78 is 27.3. The van der Waals surface area contributed by atoms with Crippen LogP contribution >= 0.6 is 31.9 Å². The fourth-order valence-electron chi connectivity index (χ4n) is 3.82. The number of ether oxygens (including phenoxy) is 5. The van der Waals surface area contributed by atoms with Crippen molar-refractivity contribution in [3.05, 3.63) is 55.5 Å². The van der Waals surface area contributed by atoms with Crippen LogP contribution in [0, 0.1) is 0 Å². The molecule has 0 unspecified atom stereocenters. The van der Waals surface area contributed by atoms with Gasteiger partial charge in [-0.1, -0.05) is 31.9 Å². The maximum Gasteiger partial charge on any atom is 0.315 e. The molecule has 0 aliphatic carbocycles. The monoisotopic (exact) mass is 646 g/mol. The van der Waals surface area contributed by atoms with Gasteiger partial charge in [-0.15, -0.1) is 0 Å². The van der Waals surface area contributed by atoms with Gasteiger partial charge in [0.15, 0.2) is 0 Å². The fourth-order valence-corrected chi connectivity index (χ4v) is 4.83. The molecule has 0 fully saturated rings. The Morgan fingerprint density at radius 3 is 1.43 bits per heavy atom. The molecule has 0 saturated carbocycles. The van der Waals surface area contributed by atoms with Crippen LogP contribution in [-0.2, 0) is 47.8 Å². The Balaban J connectivity index is 0.000000371. The van der Waals surface area contributed by atoms with Crippen LogP contribution in [0.3, 0.4) is 0 Å². The molecule has 0 aromatic heterocycles. The lowest BCUT2D eigenvalue weighted by Crippen LogP contribution is -2.31. The topological polar surface area (TPSA) is 101 Å². The number of benzene rings is 2. The fraction of sp³-hybridized carbons (Fsp3) is 0.481. The highest BCUT2D eigenvalue weighted by Crippen LogP contribution is 2.39. The Morgan fingerprint density at radius 1 is 0.730 bits per heavy atom. The van der Waals surface area contributed by atoms with Crippen molar-refractivity contribution in [3.8, 4) is 11.5 Å². The van der Waals surface area contributed by atoms with Crippen LogP contribution in [0.15, 0.2) is 33.2 Å². The Hall–Kier alpha value is -2.14. The molecule has 0 heterocycles. The number of aliphatic hydroxyl groups is 1. The summed E-state index contributed by atoms with van der Waals surface area (Å²) in [7, 11) is 7.44. The molecule has 2 aromatic carbocycles. The highest BCUT2D eigenvalue weighted by molar-refractivity contribution is 9.10. The van der Waals surface area contributed by atoms with E-state index >= 15 is 0 Å². The SMILES string of the molecule is COC(=O)C(C)(C)c1cc(Br)cc(CO)c1OC.COCc1cc(Br)cc(C(C)(C)C(=O)OC)c1OC. The zero-order valence-corrected chi connectivity index (χ0v) is 26.0. The average Bonchev–Trinajstić information content (AvgIpc) is 2.87. The first-order valence-electron chi connectivity index (χ1n) is 11.3. The van der Waals surface area contributed by atoms with Crippen LogP contribution in [0.2, 0.25) is 0 Å². The molecule has 0 saturated heterocycles. The number of carbonyl (C=O) groups is 2. The zero-order valence-electron chi connectivity index (χ0n) is 22.8. The summed E-state index contributed by atoms with van der Waals surface area (Å²) in [5.41, 5.74) is 1.30. The number of esters is 2. The van der Waals surface area contributed by atoms with E-state index in [9.17, 15) is 14.7 Å². The number of aliphatic hydroxyl groups excluding tert-OH is 1. The van der Waals surface area contributed by atoms with Crippen LogP contribution in [0.4, 0.5) is 0 Å². The second kappa shape index (κ2) is 14.1. The molecule has 0 aliphatic heterocycles.